The van der Waals surface area contributed by atoms with E-state index in [0.29, 0.717) is 29.4 Å². The van der Waals surface area contributed by atoms with E-state index in [-0.39, 0.29) is 24.4 Å². The molecule has 2 unspecified atom stereocenters. The summed E-state index contributed by atoms with van der Waals surface area (Å²) in [5.74, 6) is 0.113. The van der Waals surface area contributed by atoms with Crippen LogP contribution in [-0.2, 0) is 16.4 Å². The van der Waals surface area contributed by atoms with Gasteiger partial charge in [-0.15, -0.1) is 24.0 Å². The van der Waals surface area contributed by atoms with Crippen molar-refractivity contribution in [3.63, 3.8) is 0 Å². The van der Waals surface area contributed by atoms with Gasteiger partial charge in [0.25, 0.3) is 5.91 Å². The number of rotatable bonds is 8. The lowest BCUT2D eigenvalue weighted by molar-refractivity contribution is 0.0672. The molecule has 6 nitrogen and oxygen atoms in total. The van der Waals surface area contributed by atoms with Gasteiger partial charge in [0.05, 0.1) is 18.5 Å². The minimum Gasteiger partial charge on any atom is -0.381 e. The number of fused-ring (bicyclic) bond motifs is 2. The number of benzene rings is 2. The van der Waals surface area contributed by atoms with Crippen molar-refractivity contribution in [3.05, 3.63) is 82.8 Å². The van der Waals surface area contributed by atoms with Crippen molar-refractivity contribution < 1.29 is 18.5 Å². The number of nitrogens with zero attached hydrogens (tertiary/aromatic N) is 3. The third-order valence-electron chi connectivity index (χ3n) is 8.11. The summed E-state index contributed by atoms with van der Waals surface area (Å²) < 4.78 is 28.1. The second-order valence-electron chi connectivity index (χ2n) is 11.9. The van der Waals surface area contributed by atoms with Crippen LogP contribution in [0, 0.1) is 5.82 Å². The first kappa shape index (κ1) is 29.3. The van der Waals surface area contributed by atoms with Gasteiger partial charge in [-0.2, -0.15) is 0 Å². The van der Waals surface area contributed by atoms with Crippen molar-refractivity contribution in [3.8, 4) is 10.4 Å². The van der Waals surface area contributed by atoms with Crippen LogP contribution in [0.2, 0.25) is 0 Å². The third-order valence-corrected chi connectivity index (χ3v) is 10.4. The third kappa shape index (κ3) is 6.00. The Morgan fingerprint density at radius 1 is 1.19 bits per heavy atom. The number of aliphatic hydroxyl groups excluding tert-OH is 1. The van der Waals surface area contributed by atoms with Gasteiger partial charge < -0.3 is 14.9 Å². The Morgan fingerprint density at radius 3 is 2.64 bits per heavy atom. The molecule has 1 N–H and O–H groups in total. The van der Waals surface area contributed by atoms with E-state index in [2.05, 4.69) is 31.7 Å². The average Bonchev–Trinajstić information content (AvgIpc) is 3.69. The van der Waals surface area contributed by atoms with Gasteiger partial charge in [0.15, 0.2) is 0 Å². The molecule has 2 aliphatic rings. The van der Waals surface area contributed by atoms with Crippen LogP contribution in [0.1, 0.15) is 58.9 Å². The van der Waals surface area contributed by atoms with Crippen molar-refractivity contribution in [1.82, 2.24) is 9.88 Å². The molecular formula is C32H36FN3O3S3. The van der Waals surface area contributed by atoms with Crippen molar-refractivity contribution in [2.75, 3.05) is 36.4 Å². The molecule has 0 radical (unpaired) electrons. The Morgan fingerprint density at radius 2 is 1.95 bits per heavy atom. The molecule has 2 aromatic heterocycles. The van der Waals surface area contributed by atoms with E-state index in [9.17, 15) is 14.1 Å². The number of pyridine rings is 1. The number of hydrogen-bond acceptors (Lipinski definition) is 7. The summed E-state index contributed by atoms with van der Waals surface area (Å²) >= 11 is 5.47. The average molecular weight is 626 g/mol. The number of anilines is 1. The van der Waals surface area contributed by atoms with Crippen molar-refractivity contribution in [1.29, 1.82) is 0 Å². The topological polar surface area (TPSA) is 73.7 Å². The predicted octanol–water partition coefficient (Wildman–Crippen LogP) is 6.03. The van der Waals surface area contributed by atoms with E-state index in [0.717, 1.165) is 39.9 Å². The molecule has 0 bridgehead atoms. The number of carbonyl (C=O) groups is 1. The Kier molecular flexibility index (Phi) is 7.93. The molecule has 1 aliphatic heterocycles. The number of amides is 1. The minimum absolute atomic E-state index is 0.0339. The van der Waals surface area contributed by atoms with E-state index in [1.54, 1.807) is 29.5 Å². The van der Waals surface area contributed by atoms with Crippen LogP contribution in [-0.4, -0.2) is 62.0 Å². The number of carbonyl (C=O) groups excluding carboxylic acids is 1. The highest BCUT2D eigenvalue weighted by Gasteiger charge is 2.32. The molecular weight excluding hydrogens is 590 g/mol. The smallest absolute Gasteiger partial charge is 0.273 e. The van der Waals surface area contributed by atoms with Gasteiger partial charge in [-0.05, 0) is 91.6 Å². The number of thiol groups is 2. The van der Waals surface area contributed by atoms with Crippen LogP contribution in [0.5, 0.6) is 0 Å². The first-order valence-corrected chi connectivity index (χ1v) is 18.4. The highest BCUT2D eigenvalue weighted by atomic mass is 32.2. The van der Waals surface area contributed by atoms with Gasteiger partial charge in [-0.1, -0.05) is 34.2 Å². The maximum atomic E-state index is 15.6. The molecule has 2 atom stereocenters. The molecule has 3 heterocycles. The maximum Gasteiger partial charge on any atom is 0.273 e. The van der Waals surface area contributed by atoms with Gasteiger partial charge in [0.2, 0.25) is 0 Å². The summed E-state index contributed by atoms with van der Waals surface area (Å²) in [6, 6.07) is 17.1. The van der Waals surface area contributed by atoms with E-state index in [1.165, 1.54) is 28.5 Å². The van der Waals surface area contributed by atoms with Crippen LogP contribution in [0.4, 0.5) is 10.1 Å². The fourth-order valence-corrected chi connectivity index (χ4v) is 8.35. The molecule has 1 amide bonds. The van der Waals surface area contributed by atoms with Gasteiger partial charge in [0.1, 0.15) is 21.8 Å². The summed E-state index contributed by atoms with van der Waals surface area (Å²) in [5.41, 5.74) is 4.06. The quantitative estimate of drug-likeness (QED) is 0.165. The fraction of sp³-hybridized carbons (Fsp3) is 0.375. The summed E-state index contributed by atoms with van der Waals surface area (Å²) in [7, 11) is -2.48. The zero-order valence-electron chi connectivity index (χ0n) is 24.0. The van der Waals surface area contributed by atoms with Crippen LogP contribution >= 0.6 is 24.0 Å². The monoisotopic (exact) mass is 625 g/mol. The van der Waals surface area contributed by atoms with E-state index >= 15 is 4.39 Å². The molecule has 0 spiro atoms. The Hall–Kier alpha value is -2.79. The van der Waals surface area contributed by atoms with Gasteiger partial charge in [-0.3, -0.25) is 9.00 Å². The Balaban J connectivity index is 1.34. The van der Waals surface area contributed by atoms with Crippen LogP contribution < -0.4 is 4.90 Å². The zero-order chi connectivity index (χ0) is 29.8. The number of aliphatic hydroxyl groups is 1. The molecule has 0 saturated heterocycles. The first-order chi connectivity index (χ1) is 20.0. The molecule has 1 fully saturated rings. The molecule has 42 heavy (non-hydrogen) atoms. The highest BCUT2D eigenvalue weighted by Crippen LogP contribution is 2.46. The van der Waals surface area contributed by atoms with Crippen molar-refractivity contribution in [2.45, 2.75) is 43.6 Å². The highest BCUT2D eigenvalue weighted by molar-refractivity contribution is 8.01. The maximum absolute atomic E-state index is 15.6. The van der Waals surface area contributed by atoms with Crippen LogP contribution in [0.25, 0.3) is 20.7 Å². The molecule has 6 rings (SSSR count). The standard InChI is InChI=1S/C32H36FN3O3S3/c1-19-23-7-5-4-6-20(23)12-13-36(19)32(38)28-15-25(21-8-9-21)26-16-29(41-31(26)34-28)24-11-10-22(14-27(24)33)35(17-30(37)40)18-42(2,3)39/h4-7,10-11,14-16,19,21,30,37,40,42H,8-9,12-13,17-18H2,1-3H3. The molecule has 1 aliphatic carbocycles. The van der Waals surface area contributed by atoms with Crippen molar-refractivity contribution >= 4 is 55.7 Å². The van der Waals surface area contributed by atoms with Crippen LogP contribution in [0.15, 0.2) is 54.6 Å². The SMILES string of the molecule is CC1c2ccccc2CCN1C(=O)c1cc(C2CC2)c2cc(-c3ccc(N(CC(O)S)C[SH](C)(C)=O)cc3F)sc2n1. The van der Waals surface area contributed by atoms with Gasteiger partial charge in [0, 0.05) is 28.1 Å². The Bertz CT molecular complexity index is 1710. The minimum atomic E-state index is -2.48. The lowest BCUT2D eigenvalue weighted by atomic mass is 9.93. The molecule has 4 aromatic rings. The van der Waals surface area contributed by atoms with Crippen molar-refractivity contribution in [2.24, 2.45) is 0 Å². The lowest BCUT2D eigenvalue weighted by Gasteiger charge is -2.35. The second kappa shape index (κ2) is 11.4. The fourth-order valence-electron chi connectivity index (χ4n) is 5.96. The second-order valence-corrected chi connectivity index (χ2v) is 17.0. The molecule has 2 aromatic carbocycles. The summed E-state index contributed by atoms with van der Waals surface area (Å²) in [5, 5.41) is 10.8. The number of thiophene rings is 1. The lowest BCUT2D eigenvalue weighted by Crippen LogP contribution is -2.39. The summed E-state index contributed by atoms with van der Waals surface area (Å²) in [6.45, 7) is 2.85. The number of aromatic nitrogens is 1. The summed E-state index contributed by atoms with van der Waals surface area (Å²) in [4.78, 5) is 23.8. The van der Waals surface area contributed by atoms with Crippen LogP contribution in [0.3, 0.4) is 0 Å². The Labute approximate surface area is 256 Å². The zero-order valence-corrected chi connectivity index (χ0v) is 26.6. The normalized spacial score (nSPS) is 18.1. The molecule has 222 valence electrons. The van der Waals surface area contributed by atoms with E-state index in [1.807, 2.05) is 29.2 Å². The number of halogens is 1. The number of hydrogen-bond donors (Lipinski definition) is 3. The van der Waals surface area contributed by atoms with E-state index < -0.39 is 21.2 Å². The summed E-state index contributed by atoms with van der Waals surface area (Å²) in [6.07, 6.45) is 6.29. The predicted molar refractivity (Wildman–Crippen MR) is 175 cm³/mol. The largest absolute Gasteiger partial charge is 0.381 e. The van der Waals surface area contributed by atoms with Gasteiger partial charge >= 0.3 is 0 Å². The molecule has 10 heteroatoms. The van der Waals surface area contributed by atoms with E-state index in [4.69, 9.17) is 4.98 Å². The molecule has 1 saturated carbocycles. The first-order valence-electron chi connectivity index (χ1n) is 14.3. The van der Waals surface area contributed by atoms with Gasteiger partial charge in [-0.25, -0.2) is 9.37 Å².